The van der Waals surface area contributed by atoms with Crippen molar-refractivity contribution >= 4 is 76.9 Å². The van der Waals surface area contributed by atoms with Crippen molar-refractivity contribution in [1.82, 2.24) is 15.0 Å². The predicted octanol–water partition coefficient (Wildman–Crippen LogP) is 7.53. The molecule has 6 aromatic rings. The van der Waals surface area contributed by atoms with E-state index in [1.165, 1.54) is 14.1 Å². The molecule has 28 heavy (non-hydrogen) atoms. The van der Waals surface area contributed by atoms with E-state index in [0.29, 0.717) is 0 Å². The topological polar surface area (TPSA) is 41.6 Å². The molecule has 0 aliphatic carbocycles. The number of aromatic amines is 1. The second-order valence-electron chi connectivity index (χ2n) is 5.98. The molecule has 6 rings (SSSR count). The summed E-state index contributed by atoms with van der Waals surface area (Å²) < 4.78 is 4.51. The van der Waals surface area contributed by atoms with E-state index in [-0.39, 0.29) is 0 Å². The highest BCUT2D eigenvalue weighted by molar-refractivity contribution is 7.73. The summed E-state index contributed by atoms with van der Waals surface area (Å²) in [6, 6.07) is 24.5. The monoisotopic (exact) mass is 435 g/mol. The molecule has 0 aliphatic rings. The van der Waals surface area contributed by atoms with Crippen molar-refractivity contribution in [2.75, 3.05) is 0 Å². The van der Waals surface area contributed by atoms with Gasteiger partial charge in [-0.25, -0.2) is 9.97 Å². The number of nitrogens with zero attached hydrogens (tertiary/aromatic N) is 2. The van der Waals surface area contributed by atoms with Gasteiger partial charge in [0.05, 0.1) is 30.6 Å². The fourth-order valence-corrected chi connectivity index (χ4v) is 5.89. The van der Waals surface area contributed by atoms with E-state index in [2.05, 4.69) is 33.2 Å². The van der Waals surface area contributed by atoms with Crippen molar-refractivity contribution in [3.63, 3.8) is 0 Å². The molecular weight excluding hydrogens is 423 g/mol. The summed E-state index contributed by atoms with van der Waals surface area (Å²) in [6.45, 7) is 0. The molecule has 0 saturated heterocycles. The summed E-state index contributed by atoms with van der Waals surface area (Å²) in [5, 5.41) is 2.02. The average molecular weight is 436 g/mol. The molecular formula is C21H13N3S4. The Morgan fingerprint density at radius 2 is 1.11 bits per heavy atom. The normalized spacial score (nSPS) is 11.0. The fourth-order valence-electron chi connectivity index (χ4n) is 2.82. The van der Waals surface area contributed by atoms with Crippen LogP contribution in [0.2, 0.25) is 0 Å². The Morgan fingerprint density at radius 3 is 1.64 bits per heavy atom. The molecule has 0 fully saturated rings. The Bertz CT molecular complexity index is 1280. The number of benzene rings is 3. The van der Waals surface area contributed by atoms with Gasteiger partial charge in [0.1, 0.15) is 0 Å². The SMILES string of the molecule is S=c1[nH]c2ccccc2s1.c1ccc2sc(-c3nc4ccccc4s3)nc2c1. The molecule has 0 aliphatic heterocycles. The van der Waals surface area contributed by atoms with E-state index in [1.54, 1.807) is 34.0 Å². The largest absolute Gasteiger partial charge is 0.337 e. The maximum Gasteiger partial charge on any atom is 0.159 e. The van der Waals surface area contributed by atoms with Crippen LogP contribution in [0.25, 0.3) is 40.7 Å². The first-order valence-corrected chi connectivity index (χ1v) is 11.4. The molecule has 0 saturated carbocycles. The Labute approximate surface area is 178 Å². The first kappa shape index (κ1) is 17.6. The Morgan fingerprint density at radius 1 is 0.607 bits per heavy atom. The predicted molar refractivity (Wildman–Crippen MR) is 125 cm³/mol. The van der Waals surface area contributed by atoms with E-state index < -0.39 is 0 Å². The van der Waals surface area contributed by atoms with E-state index in [4.69, 9.17) is 12.2 Å². The van der Waals surface area contributed by atoms with Gasteiger partial charge in [-0.3, -0.25) is 0 Å². The number of H-pyrrole nitrogens is 1. The Kier molecular flexibility index (Phi) is 4.74. The van der Waals surface area contributed by atoms with Gasteiger partial charge < -0.3 is 4.98 Å². The molecule has 0 unspecified atom stereocenters. The minimum Gasteiger partial charge on any atom is -0.337 e. The summed E-state index contributed by atoms with van der Waals surface area (Å²) >= 11 is 9.99. The summed E-state index contributed by atoms with van der Waals surface area (Å²) in [5.74, 6) is 0. The van der Waals surface area contributed by atoms with Crippen LogP contribution in [0.1, 0.15) is 0 Å². The van der Waals surface area contributed by atoms with Gasteiger partial charge in [0.2, 0.25) is 0 Å². The van der Waals surface area contributed by atoms with Gasteiger partial charge in [-0.1, -0.05) is 36.4 Å². The first-order valence-electron chi connectivity index (χ1n) is 8.56. The van der Waals surface area contributed by atoms with Gasteiger partial charge >= 0.3 is 0 Å². The van der Waals surface area contributed by atoms with Crippen LogP contribution >= 0.6 is 46.2 Å². The van der Waals surface area contributed by atoms with Gasteiger partial charge in [-0.05, 0) is 48.6 Å². The molecule has 3 aromatic heterocycles. The lowest BCUT2D eigenvalue weighted by atomic mass is 10.3. The van der Waals surface area contributed by atoms with Gasteiger partial charge in [0.15, 0.2) is 14.0 Å². The second kappa shape index (κ2) is 7.52. The van der Waals surface area contributed by atoms with Gasteiger partial charge in [0.25, 0.3) is 0 Å². The van der Waals surface area contributed by atoms with Crippen molar-refractivity contribution in [2.24, 2.45) is 0 Å². The fraction of sp³-hybridized carbons (Fsp3) is 0. The highest BCUT2D eigenvalue weighted by Crippen LogP contribution is 2.34. The molecule has 3 aromatic carbocycles. The molecule has 3 nitrogen and oxygen atoms in total. The summed E-state index contributed by atoms with van der Waals surface area (Å²) in [5.41, 5.74) is 3.24. The van der Waals surface area contributed by atoms with Crippen LogP contribution < -0.4 is 0 Å². The number of fused-ring (bicyclic) bond motifs is 3. The smallest absolute Gasteiger partial charge is 0.159 e. The Hall–Kier alpha value is -2.45. The lowest BCUT2D eigenvalue weighted by Gasteiger charge is -1.83. The van der Waals surface area contributed by atoms with Crippen LogP contribution in [0.3, 0.4) is 0 Å². The third-order valence-electron chi connectivity index (χ3n) is 4.10. The number of thiazole rings is 3. The number of aromatic nitrogens is 3. The number of hydrogen-bond donors (Lipinski definition) is 1. The first-order chi connectivity index (χ1) is 13.8. The van der Waals surface area contributed by atoms with E-state index in [0.717, 1.165) is 30.5 Å². The van der Waals surface area contributed by atoms with Crippen LogP contribution in [-0.4, -0.2) is 15.0 Å². The van der Waals surface area contributed by atoms with Crippen LogP contribution in [0.4, 0.5) is 0 Å². The lowest BCUT2D eigenvalue weighted by Crippen LogP contribution is -1.72. The number of hydrogen-bond acceptors (Lipinski definition) is 6. The highest BCUT2D eigenvalue weighted by Gasteiger charge is 2.10. The van der Waals surface area contributed by atoms with Crippen molar-refractivity contribution in [3.8, 4) is 10.0 Å². The molecule has 0 amide bonds. The van der Waals surface area contributed by atoms with Crippen molar-refractivity contribution in [2.45, 2.75) is 0 Å². The van der Waals surface area contributed by atoms with E-state index >= 15 is 0 Å². The van der Waals surface area contributed by atoms with Crippen molar-refractivity contribution in [1.29, 1.82) is 0 Å². The third kappa shape index (κ3) is 3.49. The quantitative estimate of drug-likeness (QED) is 0.271. The molecule has 0 bridgehead atoms. The van der Waals surface area contributed by atoms with Gasteiger partial charge in [-0.15, -0.1) is 34.0 Å². The molecule has 7 heteroatoms. The Balaban J connectivity index is 0.000000145. The van der Waals surface area contributed by atoms with Crippen molar-refractivity contribution < 1.29 is 0 Å². The second-order valence-corrected chi connectivity index (χ2v) is 9.76. The van der Waals surface area contributed by atoms with Crippen molar-refractivity contribution in [3.05, 3.63) is 76.8 Å². The highest BCUT2D eigenvalue weighted by atomic mass is 32.1. The summed E-state index contributed by atoms with van der Waals surface area (Å²) in [4.78, 5) is 12.4. The molecule has 0 atom stereocenters. The van der Waals surface area contributed by atoms with Crippen LogP contribution in [0.15, 0.2) is 72.8 Å². The third-order valence-corrected chi connectivity index (χ3v) is 7.53. The van der Waals surface area contributed by atoms with Crippen LogP contribution in [-0.2, 0) is 0 Å². The molecule has 0 radical (unpaired) electrons. The number of para-hydroxylation sites is 3. The molecule has 3 heterocycles. The molecule has 0 spiro atoms. The zero-order valence-corrected chi connectivity index (χ0v) is 17.7. The van der Waals surface area contributed by atoms with Gasteiger partial charge in [-0.2, -0.15) is 0 Å². The minimum atomic E-state index is 0.848. The van der Waals surface area contributed by atoms with Crippen LogP contribution in [0, 0.1) is 3.95 Å². The number of nitrogens with one attached hydrogen (secondary N) is 1. The van der Waals surface area contributed by atoms with E-state index in [9.17, 15) is 0 Å². The molecule has 1 N–H and O–H groups in total. The number of rotatable bonds is 1. The van der Waals surface area contributed by atoms with Crippen LogP contribution in [0.5, 0.6) is 0 Å². The minimum absolute atomic E-state index is 0.848. The molecule has 136 valence electrons. The van der Waals surface area contributed by atoms with Gasteiger partial charge in [0, 0.05) is 0 Å². The average Bonchev–Trinajstić information content (AvgIpc) is 3.42. The maximum atomic E-state index is 4.98. The zero-order valence-electron chi connectivity index (χ0n) is 14.5. The summed E-state index contributed by atoms with van der Waals surface area (Å²) in [7, 11) is 0. The summed E-state index contributed by atoms with van der Waals surface area (Å²) in [6.07, 6.45) is 0. The zero-order chi connectivity index (χ0) is 18.9. The van der Waals surface area contributed by atoms with E-state index in [1.807, 2.05) is 54.6 Å². The lowest BCUT2D eigenvalue weighted by molar-refractivity contribution is 1.42. The standard InChI is InChI=1S/C14H8N2S2.C7H5NS2/c1-3-7-11-9(5-1)15-13(17-11)14-16-10-6-2-4-8-12(10)18-14;9-7-8-5-3-1-2-4-6(5)10-7/h1-8H;1-4H,(H,8,9). The maximum absolute atomic E-state index is 4.98.